The predicted molar refractivity (Wildman–Crippen MR) is 120 cm³/mol. The van der Waals surface area contributed by atoms with Crippen molar-refractivity contribution in [1.29, 1.82) is 0 Å². The maximum atomic E-state index is 13.1. The van der Waals surface area contributed by atoms with Gasteiger partial charge in [0.05, 0.1) is 20.8 Å². The Hall–Kier alpha value is -3.75. The molecule has 13 nitrogen and oxygen atoms in total. The summed E-state index contributed by atoms with van der Waals surface area (Å²) in [7, 11) is 2.53. The topological polar surface area (TPSA) is 209 Å². The molecule has 1 fully saturated rings. The summed E-state index contributed by atoms with van der Waals surface area (Å²) in [5.41, 5.74) is -0.838. The molecule has 0 unspecified atom stereocenters. The Bertz CT molecular complexity index is 1330. The lowest BCUT2D eigenvalue weighted by molar-refractivity contribution is -0.277. The van der Waals surface area contributed by atoms with E-state index in [4.69, 9.17) is 23.4 Å². The molecule has 2 aromatic carbocycles. The van der Waals surface area contributed by atoms with Gasteiger partial charge in [-0.2, -0.15) is 0 Å². The van der Waals surface area contributed by atoms with E-state index in [2.05, 4.69) is 0 Å². The van der Waals surface area contributed by atoms with Crippen molar-refractivity contribution in [3.05, 3.63) is 34.5 Å². The largest absolute Gasteiger partial charge is 0.504 e. The minimum absolute atomic E-state index is 0.0810. The summed E-state index contributed by atoms with van der Waals surface area (Å²) in [6.45, 7) is -0.714. The summed E-state index contributed by atoms with van der Waals surface area (Å²) >= 11 is 0. The number of ether oxygens (including phenoxy) is 4. The van der Waals surface area contributed by atoms with Gasteiger partial charge in [-0.05, 0) is 18.2 Å². The fourth-order valence-electron chi connectivity index (χ4n) is 3.86. The molecule has 7 N–H and O–H groups in total. The zero-order valence-corrected chi connectivity index (χ0v) is 19.0. The highest BCUT2D eigenvalue weighted by molar-refractivity contribution is 5.91. The maximum absolute atomic E-state index is 13.1. The van der Waals surface area contributed by atoms with Crippen LogP contribution >= 0.6 is 0 Å². The Balaban J connectivity index is 1.85. The highest BCUT2D eigenvalue weighted by Gasteiger charge is 2.45. The van der Waals surface area contributed by atoms with Gasteiger partial charge in [-0.3, -0.25) is 4.79 Å². The van der Waals surface area contributed by atoms with Gasteiger partial charge in [-0.1, -0.05) is 0 Å². The van der Waals surface area contributed by atoms with E-state index in [0.717, 1.165) is 6.07 Å². The molecule has 4 rings (SSSR count). The highest BCUT2D eigenvalue weighted by atomic mass is 16.7. The van der Waals surface area contributed by atoms with Gasteiger partial charge in [0.1, 0.15) is 35.4 Å². The van der Waals surface area contributed by atoms with Gasteiger partial charge in [0.15, 0.2) is 28.8 Å². The van der Waals surface area contributed by atoms with E-state index in [1.54, 1.807) is 0 Å². The molecule has 1 aromatic heterocycles. The molecule has 0 aliphatic carbocycles. The Kier molecular flexibility index (Phi) is 6.84. The van der Waals surface area contributed by atoms with E-state index in [1.165, 1.54) is 32.4 Å². The minimum atomic E-state index is -1.80. The van der Waals surface area contributed by atoms with Crippen LogP contribution in [0.3, 0.4) is 0 Å². The Labute approximate surface area is 202 Å². The Morgan fingerprint density at radius 3 is 2.28 bits per heavy atom. The second kappa shape index (κ2) is 9.72. The predicted octanol–water partition coefficient (Wildman–Crippen LogP) is -0.227. The van der Waals surface area contributed by atoms with Gasteiger partial charge in [0, 0.05) is 11.6 Å². The van der Waals surface area contributed by atoms with Crippen LogP contribution in [0.5, 0.6) is 34.5 Å². The fourth-order valence-corrected chi connectivity index (χ4v) is 3.86. The molecule has 36 heavy (non-hydrogen) atoms. The van der Waals surface area contributed by atoms with Crippen LogP contribution < -0.4 is 19.6 Å². The van der Waals surface area contributed by atoms with Gasteiger partial charge in [0.2, 0.25) is 23.2 Å². The van der Waals surface area contributed by atoms with Gasteiger partial charge >= 0.3 is 0 Å². The molecule has 0 saturated carbocycles. The first kappa shape index (κ1) is 25.3. The molecule has 3 aromatic rings. The van der Waals surface area contributed by atoms with Crippen molar-refractivity contribution in [3.63, 3.8) is 0 Å². The molecule has 194 valence electrons. The van der Waals surface area contributed by atoms with Crippen LogP contribution in [-0.4, -0.2) is 87.3 Å². The fraction of sp³-hybridized carbons (Fsp3) is 0.348. The van der Waals surface area contributed by atoms with E-state index in [0.29, 0.717) is 0 Å². The second-order valence-corrected chi connectivity index (χ2v) is 7.94. The SMILES string of the molecule is COc1cc(-c2oc3cc(O[C@@H]4O[C@@H](CO)[C@@H](O)[C@H](O)[C@H]4O)c(O)c(O)c3c(=O)c2OC)ccc1O. The number of aromatic hydroxyl groups is 3. The van der Waals surface area contributed by atoms with E-state index in [-0.39, 0.29) is 34.2 Å². The number of rotatable bonds is 6. The molecule has 0 radical (unpaired) electrons. The molecule has 1 saturated heterocycles. The van der Waals surface area contributed by atoms with Gasteiger partial charge < -0.3 is 59.1 Å². The quantitative estimate of drug-likeness (QED) is 0.215. The van der Waals surface area contributed by atoms with Crippen molar-refractivity contribution >= 4 is 11.0 Å². The van der Waals surface area contributed by atoms with Gasteiger partial charge in [-0.25, -0.2) is 0 Å². The molecule has 5 atom stereocenters. The third-order valence-corrected chi connectivity index (χ3v) is 5.79. The van der Waals surface area contributed by atoms with Crippen LogP contribution in [0, 0.1) is 0 Å². The molecular weight excluding hydrogens is 484 g/mol. The second-order valence-electron chi connectivity index (χ2n) is 7.94. The molecule has 1 aliphatic heterocycles. The number of phenols is 3. The average Bonchev–Trinajstić information content (AvgIpc) is 2.87. The lowest BCUT2D eigenvalue weighted by Gasteiger charge is -2.39. The minimum Gasteiger partial charge on any atom is -0.504 e. The summed E-state index contributed by atoms with van der Waals surface area (Å²) in [4.78, 5) is 13.1. The van der Waals surface area contributed by atoms with Crippen molar-refractivity contribution < 1.29 is 59.1 Å². The molecule has 13 heteroatoms. The monoisotopic (exact) mass is 508 g/mol. The first-order valence-corrected chi connectivity index (χ1v) is 10.6. The lowest BCUT2D eigenvalue weighted by atomic mass is 9.99. The first-order valence-electron chi connectivity index (χ1n) is 10.6. The maximum Gasteiger partial charge on any atom is 0.239 e. The third-order valence-electron chi connectivity index (χ3n) is 5.79. The van der Waals surface area contributed by atoms with Gasteiger partial charge in [0.25, 0.3) is 0 Å². The zero-order valence-electron chi connectivity index (χ0n) is 19.0. The van der Waals surface area contributed by atoms with Crippen molar-refractivity contribution in [1.82, 2.24) is 0 Å². The highest BCUT2D eigenvalue weighted by Crippen LogP contribution is 2.44. The molecule has 0 amide bonds. The number of benzene rings is 2. The van der Waals surface area contributed by atoms with E-state index < -0.39 is 65.4 Å². The van der Waals surface area contributed by atoms with Crippen molar-refractivity contribution in [2.24, 2.45) is 0 Å². The zero-order chi connectivity index (χ0) is 26.3. The standard InChI is InChI=1S/C23H24O13/c1-32-10-5-8(3-4-9(10)25)21-22(33-2)18(29)14-11(34-21)6-12(15(26)17(14)28)35-23-20(31)19(30)16(27)13(7-24)36-23/h3-6,13,16,19-20,23-28,30-31H,7H2,1-2H3/t13-,16+,19-,20+,23+/m0/s1. The Morgan fingerprint density at radius 2 is 1.64 bits per heavy atom. The van der Waals surface area contributed by atoms with Crippen LogP contribution in [0.2, 0.25) is 0 Å². The number of fused-ring (bicyclic) bond motifs is 1. The summed E-state index contributed by atoms with van der Waals surface area (Å²) < 4.78 is 26.8. The molecule has 2 heterocycles. The van der Waals surface area contributed by atoms with E-state index in [1.807, 2.05) is 0 Å². The number of hydrogen-bond acceptors (Lipinski definition) is 13. The van der Waals surface area contributed by atoms with Crippen LogP contribution in [-0.2, 0) is 4.74 Å². The van der Waals surface area contributed by atoms with Crippen LogP contribution in [0.25, 0.3) is 22.3 Å². The number of aliphatic hydroxyl groups excluding tert-OH is 4. The number of hydrogen-bond donors (Lipinski definition) is 7. The molecule has 0 spiro atoms. The van der Waals surface area contributed by atoms with Crippen LogP contribution in [0.4, 0.5) is 0 Å². The van der Waals surface area contributed by atoms with Crippen molar-refractivity contribution in [2.75, 3.05) is 20.8 Å². The van der Waals surface area contributed by atoms with E-state index >= 15 is 0 Å². The summed E-state index contributed by atoms with van der Waals surface area (Å²) in [6.07, 6.45) is -8.17. The van der Waals surface area contributed by atoms with Crippen molar-refractivity contribution in [2.45, 2.75) is 30.7 Å². The van der Waals surface area contributed by atoms with Gasteiger partial charge in [-0.15, -0.1) is 0 Å². The van der Waals surface area contributed by atoms with Crippen LogP contribution in [0.1, 0.15) is 0 Å². The Morgan fingerprint density at radius 1 is 0.917 bits per heavy atom. The van der Waals surface area contributed by atoms with Crippen LogP contribution in [0.15, 0.2) is 33.5 Å². The smallest absolute Gasteiger partial charge is 0.239 e. The number of aliphatic hydroxyl groups is 4. The van der Waals surface area contributed by atoms with E-state index in [9.17, 15) is 40.5 Å². The summed E-state index contributed by atoms with van der Waals surface area (Å²) in [6, 6.07) is 5.15. The third kappa shape index (κ3) is 4.12. The van der Waals surface area contributed by atoms with Crippen molar-refractivity contribution in [3.8, 4) is 45.8 Å². The molecule has 1 aliphatic rings. The summed E-state index contributed by atoms with van der Waals surface area (Å²) in [5, 5.41) is 70.0. The normalized spacial score (nSPS) is 24.0. The average molecular weight is 508 g/mol. The molecular formula is C23H24O13. The number of methoxy groups -OCH3 is 2. The first-order chi connectivity index (χ1) is 17.1. The number of phenolic OH excluding ortho intramolecular Hbond substituents is 3. The summed E-state index contributed by atoms with van der Waals surface area (Å²) in [5.74, 6) is -2.84. The molecule has 0 bridgehead atoms. The lowest BCUT2D eigenvalue weighted by Crippen LogP contribution is -2.60.